The van der Waals surface area contributed by atoms with E-state index in [4.69, 9.17) is 5.73 Å². The fourth-order valence-corrected chi connectivity index (χ4v) is 2.64. The van der Waals surface area contributed by atoms with Crippen LogP contribution in [-0.4, -0.2) is 58.2 Å². The van der Waals surface area contributed by atoms with E-state index in [-0.39, 0.29) is 18.1 Å². The van der Waals surface area contributed by atoms with Crippen LogP contribution >= 0.6 is 0 Å². The van der Waals surface area contributed by atoms with Gasteiger partial charge in [0.05, 0.1) is 12.6 Å². The van der Waals surface area contributed by atoms with E-state index in [2.05, 4.69) is 19.9 Å². The SMILES string of the molecule is CN(C)c1nc(N)nc(CN(C)C2CCCCC2O)n1. The Balaban J connectivity index is 2.08. The maximum absolute atomic E-state index is 10.1. The predicted octanol–water partition coefficient (Wildman–Crippen LogP) is 0.255. The van der Waals surface area contributed by atoms with Crippen molar-refractivity contribution in [3.63, 3.8) is 0 Å². The fraction of sp³-hybridized carbons (Fsp3) is 0.769. The maximum atomic E-state index is 10.1. The summed E-state index contributed by atoms with van der Waals surface area (Å²) < 4.78 is 0. The number of aliphatic hydroxyl groups excluding tert-OH is 1. The van der Waals surface area contributed by atoms with Crippen molar-refractivity contribution in [1.82, 2.24) is 19.9 Å². The first kappa shape index (κ1) is 14.9. The minimum absolute atomic E-state index is 0.171. The molecule has 1 aromatic heterocycles. The van der Waals surface area contributed by atoms with Gasteiger partial charge in [0, 0.05) is 20.1 Å². The fourth-order valence-electron chi connectivity index (χ4n) is 2.64. The average Bonchev–Trinajstić information content (AvgIpc) is 2.38. The number of rotatable bonds is 4. The molecule has 0 aliphatic heterocycles. The lowest BCUT2D eigenvalue weighted by Crippen LogP contribution is -2.43. The van der Waals surface area contributed by atoms with E-state index in [0.29, 0.717) is 18.3 Å². The van der Waals surface area contributed by atoms with Gasteiger partial charge in [-0.3, -0.25) is 4.90 Å². The molecular formula is C13H24N6O. The first-order valence-corrected chi connectivity index (χ1v) is 7.03. The first-order chi connectivity index (χ1) is 9.47. The number of anilines is 2. The predicted molar refractivity (Wildman–Crippen MR) is 78.3 cm³/mol. The maximum Gasteiger partial charge on any atom is 0.229 e. The van der Waals surface area contributed by atoms with Crippen LogP contribution in [0.15, 0.2) is 0 Å². The topological polar surface area (TPSA) is 91.4 Å². The average molecular weight is 280 g/mol. The zero-order valence-corrected chi connectivity index (χ0v) is 12.5. The molecule has 1 aliphatic rings. The molecule has 2 rings (SSSR count). The molecule has 1 saturated carbocycles. The summed E-state index contributed by atoms with van der Waals surface area (Å²) in [6.07, 6.45) is 3.89. The van der Waals surface area contributed by atoms with Crippen LogP contribution in [0.4, 0.5) is 11.9 Å². The molecule has 2 atom stereocenters. The third-order valence-corrected chi connectivity index (χ3v) is 3.74. The second-order valence-electron chi connectivity index (χ2n) is 5.64. The first-order valence-electron chi connectivity index (χ1n) is 7.03. The van der Waals surface area contributed by atoms with Crippen molar-refractivity contribution in [3.8, 4) is 0 Å². The minimum Gasteiger partial charge on any atom is -0.391 e. The lowest BCUT2D eigenvalue weighted by atomic mass is 9.91. The van der Waals surface area contributed by atoms with Gasteiger partial charge < -0.3 is 15.7 Å². The van der Waals surface area contributed by atoms with E-state index >= 15 is 0 Å². The standard InChI is InChI=1S/C13H24N6O/c1-18(2)13-16-11(15-12(14)17-13)8-19(3)9-6-4-5-7-10(9)20/h9-10,20H,4-8H2,1-3H3,(H2,14,15,16,17). The van der Waals surface area contributed by atoms with E-state index in [9.17, 15) is 5.11 Å². The number of nitrogens with zero attached hydrogens (tertiary/aromatic N) is 5. The van der Waals surface area contributed by atoms with Gasteiger partial charge in [-0.05, 0) is 19.9 Å². The smallest absolute Gasteiger partial charge is 0.229 e. The second kappa shape index (κ2) is 6.32. The Morgan fingerprint density at radius 1 is 1.15 bits per heavy atom. The molecule has 0 spiro atoms. The highest BCUT2D eigenvalue weighted by atomic mass is 16.3. The lowest BCUT2D eigenvalue weighted by molar-refractivity contribution is 0.0278. The van der Waals surface area contributed by atoms with Gasteiger partial charge in [-0.1, -0.05) is 12.8 Å². The molecule has 0 radical (unpaired) electrons. The Kier molecular flexibility index (Phi) is 4.72. The van der Waals surface area contributed by atoms with Crippen molar-refractivity contribution in [2.24, 2.45) is 0 Å². The van der Waals surface area contributed by atoms with Crippen molar-refractivity contribution in [3.05, 3.63) is 5.82 Å². The zero-order chi connectivity index (χ0) is 14.7. The third-order valence-electron chi connectivity index (χ3n) is 3.74. The van der Waals surface area contributed by atoms with Crippen molar-refractivity contribution < 1.29 is 5.11 Å². The number of aliphatic hydroxyl groups is 1. The monoisotopic (exact) mass is 280 g/mol. The molecule has 1 fully saturated rings. The van der Waals surface area contributed by atoms with Crippen LogP contribution in [0.3, 0.4) is 0 Å². The van der Waals surface area contributed by atoms with Crippen LogP contribution in [0.5, 0.6) is 0 Å². The van der Waals surface area contributed by atoms with E-state index in [1.54, 1.807) is 4.90 Å². The molecule has 0 aromatic carbocycles. The van der Waals surface area contributed by atoms with Crippen LogP contribution < -0.4 is 10.6 Å². The molecule has 7 nitrogen and oxygen atoms in total. The molecule has 112 valence electrons. The molecule has 7 heteroatoms. The normalized spacial score (nSPS) is 23.1. The summed E-state index contributed by atoms with van der Waals surface area (Å²) in [7, 11) is 5.73. The Morgan fingerprint density at radius 2 is 1.85 bits per heavy atom. The van der Waals surface area contributed by atoms with Gasteiger partial charge in [0.1, 0.15) is 5.82 Å². The summed E-state index contributed by atoms with van der Waals surface area (Å²) in [5.41, 5.74) is 5.72. The van der Waals surface area contributed by atoms with E-state index in [1.165, 1.54) is 0 Å². The summed E-state index contributed by atoms with van der Waals surface area (Å²) in [6.45, 7) is 0.565. The number of nitrogens with two attached hydrogens (primary N) is 1. The molecule has 0 saturated heterocycles. The van der Waals surface area contributed by atoms with Crippen molar-refractivity contribution >= 4 is 11.9 Å². The quantitative estimate of drug-likeness (QED) is 0.817. The molecule has 1 heterocycles. The van der Waals surface area contributed by atoms with E-state index in [1.807, 2.05) is 21.1 Å². The molecule has 20 heavy (non-hydrogen) atoms. The Morgan fingerprint density at radius 3 is 2.50 bits per heavy atom. The Hall–Kier alpha value is -1.47. The summed E-state index contributed by atoms with van der Waals surface area (Å²) in [5.74, 6) is 1.43. The molecule has 2 unspecified atom stereocenters. The van der Waals surface area contributed by atoms with Crippen LogP contribution in [0.25, 0.3) is 0 Å². The third kappa shape index (κ3) is 3.55. The van der Waals surface area contributed by atoms with Crippen LogP contribution in [0.2, 0.25) is 0 Å². The molecule has 0 bridgehead atoms. The van der Waals surface area contributed by atoms with Gasteiger partial charge in [-0.2, -0.15) is 15.0 Å². The summed E-state index contributed by atoms with van der Waals surface area (Å²) in [5, 5.41) is 10.1. The van der Waals surface area contributed by atoms with Gasteiger partial charge >= 0.3 is 0 Å². The highest BCUT2D eigenvalue weighted by molar-refractivity contribution is 5.32. The Bertz CT molecular complexity index is 452. The zero-order valence-electron chi connectivity index (χ0n) is 12.5. The van der Waals surface area contributed by atoms with Crippen LogP contribution in [0.1, 0.15) is 31.5 Å². The van der Waals surface area contributed by atoms with Crippen molar-refractivity contribution in [2.75, 3.05) is 31.8 Å². The minimum atomic E-state index is -0.263. The summed E-state index contributed by atoms with van der Waals surface area (Å²) in [4.78, 5) is 16.6. The van der Waals surface area contributed by atoms with E-state index < -0.39 is 0 Å². The highest BCUT2D eigenvalue weighted by Crippen LogP contribution is 2.23. The van der Waals surface area contributed by atoms with Gasteiger partial charge in [0.2, 0.25) is 11.9 Å². The summed E-state index contributed by atoms with van der Waals surface area (Å²) >= 11 is 0. The van der Waals surface area contributed by atoms with Gasteiger partial charge in [0.25, 0.3) is 0 Å². The largest absolute Gasteiger partial charge is 0.391 e. The number of hydrogen-bond acceptors (Lipinski definition) is 7. The molecule has 0 amide bonds. The molecular weight excluding hydrogens is 256 g/mol. The van der Waals surface area contributed by atoms with Crippen molar-refractivity contribution in [2.45, 2.75) is 44.4 Å². The molecule has 3 N–H and O–H groups in total. The van der Waals surface area contributed by atoms with Crippen LogP contribution in [-0.2, 0) is 6.54 Å². The molecule has 1 aliphatic carbocycles. The van der Waals surface area contributed by atoms with Gasteiger partial charge in [-0.25, -0.2) is 0 Å². The number of likely N-dealkylation sites (N-methyl/N-ethyl adjacent to an activating group) is 1. The highest BCUT2D eigenvalue weighted by Gasteiger charge is 2.27. The summed E-state index contributed by atoms with van der Waals surface area (Å²) in [6, 6.07) is 0.171. The van der Waals surface area contributed by atoms with Gasteiger partial charge in [0.15, 0.2) is 0 Å². The van der Waals surface area contributed by atoms with Crippen molar-refractivity contribution in [1.29, 1.82) is 0 Å². The molecule has 1 aromatic rings. The Labute approximate surface area is 119 Å². The number of nitrogen functional groups attached to an aromatic ring is 1. The van der Waals surface area contributed by atoms with Crippen LogP contribution in [0, 0.1) is 0 Å². The second-order valence-corrected chi connectivity index (χ2v) is 5.64. The number of aromatic nitrogens is 3. The van der Waals surface area contributed by atoms with Gasteiger partial charge in [-0.15, -0.1) is 0 Å². The number of hydrogen-bond donors (Lipinski definition) is 2. The lowest BCUT2D eigenvalue weighted by Gasteiger charge is -2.34. The van der Waals surface area contributed by atoms with E-state index in [0.717, 1.165) is 25.7 Å².